The molecule has 4 aromatic rings. The SMILES string of the molecule is Cc1noc(C)c1-c1ccc2nc(N3CCN(CCN(C)C)CC3)nc(N)c2c1Cc1cccc(Br)c1. The molecule has 2 N–H and O–H groups in total. The number of anilines is 2. The monoisotopic (exact) mass is 563 g/mol. The fraction of sp³-hybridized carbons (Fsp3) is 0.393. The zero-order chi connectivity index (χ0) is 26.1. The molecule has 0 amide bonds. The molecule has 0 aliphatic carbocycles. The first-order valence-corrected chi connectivity index (χ1v) is 13.5. The minimum absolute atomic E-state index is 0.508. The number of nitrogens with zero attached hydrogens (tertiary/aromatic N) is 6. The molecule has 5 rings (SSSR count). The van der Waals surface area contributed by atoms with Crippen LogP contribution >= 0.6 is 15.9 Å². The highest BCUT2D eigenvalue weighted by atomic mass is 79.9. The van der Waals surface area contributed by atoms with Crippen molar-refractivity contribution in [1.29, 1.82) is 0 Å². The normalized spacial score (nSPS) is 14.7. The van der Waals surface area contributed by atoms with Crippen LogP contribution in [0.25, 0.3) is 22.0 Å². The summed E-state index contributed by atoms with van der Waals surface area (Å²) < 4.78 is 6.56. The molecule has 37 heavy (non-hydrogen) atoms. The third-order valence-corrected chi connectivity index (χ3v) is 7.57. The van der Waals surface area contributed by atoms with E-state index in [0.29, 0.717) is 18.2 Å². The summed E-state index contributed by atoms with van der Waals surface area (Å²) >= 11 is 3.61. The molecule has 2 aromatic heterocycles. The van der Waals surface area contributed by atoms with Crippen LogP contribution in [0.4, 0.5) is 11.8 Å². The average Bonchev–Trinajstić information content (AvgIpc) is 3.20. The predicted octanol–water partition coefficient (Wildman–Crippen LogP) is 4.52. The summed E-state index contributed by atoms with van der Waals surface area (Å²) in [5, 5.41) is 5.10. The fourth-order valence-corrected chi connectivity index (χ4v) is 5.55. The number of rotatable bonds is 7. The number of hydrogen-bond acceptors (Lipinski definition) is 8. The van der Waals surface area contributed by atoms with E-state index in [9.17, 15) is 0 Å². The molecule has 8 nitrogen and oxygen atoms in total. The molecule has 0 saturated carbocycles. The van der Waals surface area contributed by atoms with Crippen molar-refractivity contribution < 1.29 is 4.52 Å². The van der Waals surface area contributed by atoms with E-state index in [1.165, 1.54) is 5.56 Å². The average molecular weight is 565 g/mol. The van der Waals surface area contributed by atoms with Crippen molar-refractivity contribution in [3.8, 4) is 11.1 Å². The number of aromatic nitrogens is 3. The first-order chi connectivity index (χ1) is 17.8. The predicted molar refractivity (Wildman–Crippen MR) is 153 cm³/mol. The molecular weight excluding hydrogens is 530 g/mol. The molecule has 1 aliphatic rings. The van der Waals surface area contributed by atoms with Crippen LogP contribution in [0.15, 0.2) is 45.4 Å². The van der Waals surface area contributed by atoms with Crippen molar-refractivity contribution in [1.82, 2.24) is 24.9 Å². The van der Waals surface area contributed by atoms with Crippen molar-refractivity contribution in [2.24, 2.45) is 0 Å². The van der Waals surface area contributed by atoms with E-state index in [-0.39, 0.29) is 0 Å². The van der Waals surface area contributed by atoms with Gasteiger partial charge in [-0.1, -0.05) is 39.3 Å². The Balaban J connectivity index is 1.53. The fourth-order valence-electron chi connectivity index (χ4n) is 5.10. The van der Waals surface area contributed by atoms with E-state index < -0.39 is 0 Å². The highest BCUT2D eigenvalue weighted by Gasteiger charge is 2.23. The number of benzene rings is 2. The summed E-state index contributed by atoms with van der Waals surface area (Å²) in [6.45, 7) is 9.83. The number of fused-ring (bicyclic) bond motifs is 1. The third kappa shape index (κ3) is 5.49. The molecule has 0 unspecified atom stereocenters. The van der Waals surface area contributed by atoms with Gasteiger partial charge in [-0.05, 0) is 69.3 Å². The zero-order valence-electron chi connectivity index (χ0n) is 22.0. The standard InChI is InChI=1S/C28H34BrN7O/c1-18-25(19(2)37-33-18)22-8-9-24-26(23(22)17-20-6-5-7-21(29)16-20)27(30)32-28(31-24)36-14-12-35(13-15-36)11-10-34(3)4/h5-9,16H,10-15,17H2,1-4H3,(H2,30,31,32). The van der Waals surface area contributed by atoms with E-state index >= 15 is 0 Å². The van der Waals surface area contributed by atoms with E-state index in [1.807, 2.05) is 19.9 Å². The number of likely N-dealkylation sites (N-methyl/N-ethyl adjacent to an activating group) is 1. The Morgan fingerprint density at radius 1 is 1.05 bits per heavy atom. The van der Waals surface area contributed by atoms with E-state index in [4.69, 9.17) is 20.2 Å². The first kappa shape index (κ1) is 25.6. The Morgan fingerprint density at radius 2 is 1.84 bits per heavy atom. The molecule has 2 aromatic carbocycles. The van der Waals surface area contributed by atoms with Gasteiger partial charge in [0.1, 0.15) is 11.6 Å². The Kier molecular flexibility index (Phi) is 7.46. The van der Waals surface area contributed by atoms with Gasteiger partial charge in [0.2, 0.25) is 5.95 Å². The largest absolute Gasteiger partial charge is 0.383 e. The molecule has 0 bridgehead atoms. The summed E-state index contributed by atoms with van der Waals surface area (Å²) in [6, 6.07) is 12.5. The molecule has 9 heteroatoms. The maximum atomic E-state index is 6.71. The van der Waals surface area contributed by atoms with Crippen LogP contribution in [0.3, 0.4) is 0 Å². The second-order valence-corrected chi connectivity index (χ2v) is 10.9. The first-order valence-electron chi connectivity index (χ1n) is 12.7. The van der Waals surface area contributed by atoms with Crippen molar-refractivity contribution in [3.63, 3.8) is 0 Å². The molecule has 1 saturated heterocycles. The van der Waals surface area contributed by atoms with Gasteiger partial charge in [0.05, 0.1) is 11.2 Å². The molecule has 0 radical (unpaired) electrons. The van der Waals surface area contributed by atoms with Crippen LogP contribution in [0.5, 0.6) is 0 Å². The molecule has 1 fully saturated rings. The quantitative estimate of drug-likeness (QED) is 0.351. The number of halogens is 1. The van der Waals surface area contributed by atoms with Gasteiger partial charge in [-0.15, -0.1) is 0 Å². The van der Waals surface area contributed by atoms with Crippen molar-refractivity contribution in [3.05, 3.63) is 63.5 Å². The van der Waals surface area contributed by atoms with Gasteiger partial charge >= 0.3 is 0 Å². The highest BCUT2D eigenvalue weighted by Crippen LogP contribution is 2.37. The maximum Gasteiger partial charge on any atom is 0.227 e. The Bertz CT molecular complexity index is 1390. The minimum atomic E-state index is 0.508. The van der Waals surface area contributed by atoms with Crippen molar-refractivity contribution >= 4 is 38.6 Å². The summed E-state index contributed by atoms with van der Waals surface area (Å²) in [5.74, 6) is 2.00. The van der Waals surface area contributed by atoms with Crippen LogP contribution in [-0.4, -0.2) is 78.3 Å². The van der Waals surface area contributed by atoms with E-state index in [2.05, 4.69) is 80.2 Å². The van der Waals surface area contributed by atoms with Crippen LogP contribution in [-0.2, 0) is 6.42 Å². The summed E-state index contributed by atoms with van der Waals surface area (Å²) in [4.78, 5) is 16.8. The second-order valence-electron chi connectivity index (χ2n) is 10.0. The van der Waals surface area contributed by atoms with Gasteiger partial charge in [0.15, 0.2) is 0 Å². The van der Waals surface area contributed by atoms with Crippen molar-refractivity contribution in [2.75, 3.05) is 64.0 Å². The molecular formula is C28H34BrN7O. The Labute approximate surface area is 226 Å². The molecule has 3 heterocycles. The molecule has 194 valence electrons. The highest BCUT2D eigenvalue weighted by molar-refractivity contribution is 9.10. The second kappa shape index (κ2) is 10.8. The topological polar surface area (TPSA) is 87.6 Å². The number of nitrogens with two attached hydrogens (primary N) is 1. The summed E-state index contributed by atoms with van der Waals surface area (Å²) in [5.41, 5.74) is 12.7. The summed E-state index contributed by atoms with van der Waals surface area (Å²) in [6.07, 6.45) is 0.688. The lowest BCUT2D eigenvalue weighted by Crippen LogP contribution is -2.48. The van der Waals surface area contributed by atoms with E-state index in [0.717, 1.165) is 82.8 Å². The zero-order valence-corrected chi connectivity index (χ0v) is 23.5. The van der Waals surface area contributed by atoms with Crippen LogP contribution in [0.2, 0.25) is 0 Å². The number of aryl methyl sites for hydroxylation is 2. The molecule has 0 atom stereocenters. The Hall–Kier alpha value is -3.01. The molecule has 0 spiro atoms. The van der Waals surface area contributed by atoms with Crippen LogP contribution in [0.1, 0.15) is 22.6 Å². The van der Waals surface area contributed by atoms with Gasteiger partial charge in [0, 0.05) is 54.7 Å². The van der Waals surface area contributed by atoms with Gasteiger partial charge in [0.25, 0.3) is 0 Å². The van der Waals surface area contributed by atoms with Crippen LogP contribution in [0, 0.1) is 13.8 Å². The van der Waals surface area contributed by atoms with Crippen LogP contribution < -0.4 is 10.6 Å². The lowest BCUT2D eigenvalue weighted by molar-refractivity contribution is 0.229. The smallest absolute Gasteiger partial charge is 0.227 e. The minimum Gasteiger partial charge on any atom is -0.383 e. The number of nitrogen functional groups attached to an aromatic ring is 1. The van der Waals surface area contributed by atoms with Gasteiger partial charge in [-0.3, -0.25) is 4.90 Å². The van der Waals surface area contributed by atoms with Crippen molar-refractivity contribution in [2.45, 2.75) is 20.3 Å². The Morgan fingerprint density at radius 3 is 2.51 bits per heavy atom. The number of hydrogen-bond donors (Lipinski definition) is 1. The molecule has 1 aliphatic heterocycles. The lowest BCUT2D eigenvalue weighted by atomic mass is 9.91. The van der Waals surface area contributed by atoms with E-state index in [1.54, 1.807) is 0 Å². The number of piperazine rings is 1. The van der Waals surface area contributed by atoms with Gasteiger partial charge in [-0.2, -0.15) is 4.98 Å². The lowest BCUT2D eigenvalue weighted by Gasteiger charge is -2.35. The maximum absolute atomic E-state index is 6.71. The summed E-state index contributed by atoms with van der Waals surface area (Å²) in [7, 11) is 4.23. The van der Waals surface area contributed by atoms with Gasteiger partial charge in [-0.25, -0.2) is 4.98 Å². The third-order valence-electron chi connectivity index (χ3n) is 7.08. The van der Waals surface area contributed by atoms with Gasteiger partial charge < -0.3 is 20.1 Å².